The van der Waals surface area contributed by atoms with Gasteiger partial charge >= 0.3 is 11.9 Å². The van der Waals surface area contributed by atoms with Crippen LogP contribution in [0.2, 0.25) is 5.02 Å². The Morgan fingerprint density at radius 1 is 1.14 bits per heavy atom. The van der Waals surface area contributed by atoms with Crippen LogP contribution in [0.4, 0.5) is 5.69 Å². The number of rotatable bonds is 3. The molecule has 0 saturated heterocycles. The van der Waals surface area contributed by atoms with E-state index in [9.17, 15) is 24.6 Å². The lowest BCUT2D eigenvalue weighted by Crippen LogP contribution is -2.49. The van der Waals surface area contributed by atoms with Crippen LogP contribution in [0.1, 0.15) is 82.4 Å². The molecule has 49 heavy (non-hydrogen) atoms. The Morgan fingerprint density at radius 2 is 1.94 bits per heavy atom. The first-order valence-corrected chi connectivity index (χ1v) is 17.9. The Hall–Kier alpha value is -3.56. The van der Waals surface area contributed by atoms with Gasteiger partial charge in [0, 0.05) is 43.5 Å². The number of aryl methyl sites for hydroxylation is 1. The van der Waals surface area contributed by atoms with Gasteiger partial charge in [0.25, 0.3) is 0 Å². The summed E-state index contributed by atoms with van der Waals surface area (Å²) >= 11 is 6.44. The van der Waals surface area contributed by atoms with Gasteiger partial charge in [0.05, 0.1) is 24.8 Å². The molecule has 2 N–H and O–H groups in total. The smallest absolute Gasteiger partial charge is 0.315 e. The largest absolute Gasteiger partial charge is 0.490 e. The van der Waals surface area contributed by atoms with Crippen molar-refractivity contribution in [3.05, 3.63) is 70.3 Å². The summed E-state index contributed by atoms with van der Waals surface area (Å²) < 4.78 is 12.3. The topological polar surface area (TPSA) is 117 Å². The van der Waals surface area contributed by atoms with Gasteiger partial charge in [-0.1, -0.05) is 35.9 Å². The number of carbonyl (C=O) groups is 3. The van der Waals surface area contributed by atoms with Crippen LogP contribution in [0.25, 0.3) is 0 Å². The fourth-order valence-electron chi connectivity index (χ4n) is 8.30. The predicted octanol–water partition coefficient (Wildman–Crippen LogP) is 6.06. The third-order valence-corrected chi connectivity index (χ3v) is 11.3. The number of halogens is 1. The SMILES string of the molecule is CN1CC/C=C/[C@H](O)[C@@H]2CC[C@H]2CN2C[C@@]3(CCCc4cc(Cl)ccc43)COc3ccc(cc32)[C@@](CC(=O)OC(C)(C)C)(C(=O)O)CC1=O. The first-order valence-electron chi connectivity index (χ1n) is 17.5. The van der Waals surface area contributed by atoms with Crippen molar-refractivity contribution in [2.45, 2.75) is 94.7 Å². The van der Waals surface area contributed by atoms with E-state index in [1.54, 1.807) is 40.0 Å². The fourth-order valence-corrected chi connectivity index (χ4v) is 8.49. The fraction of sp³-hybridized carbons (Fsp3) is 0.564. The Labute approximate surface area is 294 Å². The number of esters is 1. The third kappa shape index (κ3) is 7.20. The highest BCUT2D eigenvalue weighted by molar-refractivity contribution is 6.30. The highest BCUT2D eigenvalue weighted by Crippen LogP contribution is 2.48. The minimum atomic E-state index is -1.88. The first-order chi connectivity index (χ1) is 23.2. The van der Waals surface area contributed by atoms with E-state index < -0.39 is 47.8 Å². The molecule has 1 fully saturated rings. The highest BCUT2D eigenvalue weighted by atomic mass is 35.5. The van der Waals surface area contributed by atoms with Crippen LogP contribution in [0, 0.1) is 11.8 Å². The molecule has 1 amide bonds. The number of fused-ring (bicyclic) bond motifs is 4. The number of ether oxygens (including phenoxy) is 2. The third-order valence-electron chi connectivity index (χ3n) is 11.1. The average molecular weight is 693 g/mol. The van der Waals surface area contributed by atoms with Gasteiger partial charge in [-0.3, -0.25) is 14.4 Å². The van der Waals surface area contributed by atoms with Crippen LogP contribution in [0.3, 0.4) is 0 Å². The zero-order chi connectivity index (χ0) is 35.1. The molecule has 0 radical (unpaired) electrons. The van der Waals surface area contributed by atoms with Crippen molar-refractivity contribution in [1.82, 2.24) is 4.90 Å². The summed E-state index contributed by atoms with van der Waals surface area (Å²) in [5.41, 5.74) is 0.464. The molecule has 2 aromatic rings. The van der Waals surface area contributed by atoms with E-state index in [0.717, 1.165) is 37.8 Å². The quantitative estimate of drug-likeness (QED) is 0.295. The number of amides is 1. The van der Waals surface area contributed by atoms with Crippen LogP contribution in [-0.2, 0) is 36.4 Å². The van der Waals surface area contributed by atoms with Crippen LogP contribution < -0.4 is 9.64 Å². The molecule has 5 atom stereocenters. The molecule has 6 rings (SSSR count). The second-order valence-electron chi connectivity index (χ2n) is 15.6. The number of aliphatic carboxylic acids is 1. The molecule has 4 aliphatic rings. The number of hydrogen-bond donors (Lipinski definition) is 2. The maximum atomic E-state index is 13.7. The van der Waals surface area contributed by atoms with Gasteiger partial charge in [-0.05, 0) is 112 Å². The van der Waals surface area contributed by atoms with Crippen molar-refractivity contribution in [1.29, 1.82) is 0 Å². The van der Waals surface area contributed by atoms with Gasteiger partial charge in [0.1, 0.15) is 16.8 Å². The Bertz CT molecular complexity index is 1640. The lowest BCUT2D eigenvalue weighted by atomic mass is 9.68. The number of hydrogen-bond acceptors (Lipinski definition) is 7. The number of aliphatic hydroxyl groups is 1. The predicted molar refractivity (Wildman–Crippen MR) is 188 cm³/mol. The summed E-state index contributed by atoms with van der Waals surface area (Å²) in [6.45, 7) is 7.26. The number of aliphatic hydroxyl groups excluding tert-OH is 1. The molecule has 2 aliphatic heterocycles. The van der Waals surface area contributed by atoms with Gasteiger partial charge in [0.2, 0.25) is 5.91 Å². The van der Waals surface area contributed by atoms with Crippen molar-refractivity contribution in [2.24, 2.45) is 11.8 Å². The Balaban J connectivity index is 1.49. The van der Waals surface area contributed by atoms with Crippen molar-refractivity contribution < 1.29 is 34.1 Å². The van der Waals surface area contributed by atoms with E-state index in [0.29, 0.717) is 49.0 Å². The Kier molecular flexibility index (Phi) is 9.81. The van der Waals surface area contributed by atoms with Crippen molar-refractivity contribution in [3.63, 3.8) is 0 Å². The van der Waals surface area contributed by atoms with E-state index in [1.165, 1.54) is 16.0 Å². The highest BCUT2D eigenvalue weighted by Gasteiger charge is 2.48. The molecule has 10 heteroatoms. The number of nitrogens with zero attached hydrogens (tertiary/aromatic N) is 2. The summed E-state index contributed by atoms with van der Waals surface area (Å²) in [5, 5.41) is 22.9. The summed E-state index contributed by atoms with van der Waals surface area (Å²) in [6, 6.07) is 11.4. The number of carboxylic acid groups (broad SMARTS) is 1. The second-order valence-corrected chi connectivity index (χ2v) is 16.1. The van der Waals surface area contributed by atoms with E-state index in [2.05, 4.69) is 17.0 Å². The molecule has 2 heterocycles. The maximum Gasteiger partial charge on any atom is 0.315 e. The molecule has 1 spiro atoms. The summed E-state index contributed by atoms with van der Waals surface area (Å²) in [4.78, 5) is 44.4. The molecular weight excluding hydrogens is 644 g/mol. The lowest BCUT2D eigenvalue weighted by molar-refractivity contribution is -0.162. The van der Waals surface area contributed by atoms with Gasteiger partial charge in [-0.15, -0.1) is 0 Å². The van der Waals surface area contributed by atoms with E-state index in [1.807, 2.05) is 24.3 Å². The van der Waals surface area contributed by atoms with Crippen LogP contribution in [0.5, 0.6) is 5.75 Å². The molecule has 1 saturated carbocycles. The van der Waals surface area contributed by atoms with Crippen LogP contribution in [0.15, 0.2) is 48.6 Å². The molecule has 2 aliphatic carbocycles. The molecule has 2 aromatic carbocycles. The van der Waals surface area contributed by atoms with E-state index in [-0.39, 0.29) is 17.3 Å². The minimum absolute atomic E-state index is 0.0815. The van der Waals surface area contributed by atoms with Gasteiger partial charge in [-0.2, -0.15) is 0 Å². The van der Waals surface area contributed by atoms with E-state index >= 15 is 0 Å². The first kappa shape index (κ1) is 35.3. The van der Waals surface area contributed by atoms with Crippen molar-refractivity contribution in [3.8, 4) is 5.75 Å². The number of benzene rings is 2. The molecule has 9 nitrogen and oxygen atoms in total. The van der Waals surface area contributed by atoms with Crippen LogP contribution >= 0.6 is 11.6 Å². The van der Waals surface area contributed by atoms with Crippen LogP contribution in [-0.4, -0.2) is 78.0 Å². The van der Waals surface area contributed by atoms with Crippen molar-refractivity contribution >= 4 is 35.1 Å². The summed E-state index contributed by atoms with van der Waals surface area (Å²) in [5.74, 6) is -1.43. The molecule has 264 valence electrons. The lowest BCUT2D eigenvalue weighted by Gasteiger charge is -2.45. The molecular formula is C39H49ClN2O7. The summed E-state index contributed by atoms with van der Waals surface area (Å²) in [6.07, 6.45) is 7.44. The molecule has 0 aromatic heterocycles. The number of anilines is 1. The molecule has 2 bridgehead atoms. The number of carbonyl (C=O) groups excluding carboxylic acids is 2. The maximum absolute atomic E-state index is 13.7. The average Bonchev–Trinajstić information content (AvgIpc) is 3.16. The second kappa shape index (κ2) is 13.6. The number of carboxylic acids is 1. The van der Waals surface area contributed by atoms with Gasteiger partial charge in [-0.25, -0.2) is 0 Å². The standard InChI is InChI=1S/C39H49ClN2O7/c1-37(2,3)49-35(45)21-39(36(46)47)20-34(44)41(4)17-6-5-9-32(43)29-13-10-26(29)22-42-23-38(24-48-33-15-11-27(39)19-31(33)42)16-7-8-25-18-28(40)12-14-30(25)38/h5,9,11-12,14-15,18-19,26,29,32,43H,6-8,10,13,16-17,20-24H2,1-4H3,(H,46,47)/b9-5+/t26-,29+,32-,38-,39+/m0/s1. The summed E-state index contributed by atoms with van der Waals surface area (Å²) in [7, 11) is 1.64. The van der Waals surface area contributed by atoms with Crippen molar-refractivity contribution in [2.75, 3.05) is 38.2 Å². The van der Waals surface area contributed by atoms with Gasteiger partial charge in [0.15, 0.2) is 0 Å². The monoisotopic (exact) mass is 692 g/mol. The molecule has 0 unspecified atom stereocenters. The Morgan fingerprint density at radius 3 is 2.65 bits per heavy atom. The van der Waals surface area contributed by atoms with Gasteiger partial charge < -0.3 is 29.5 Å². The van der Waals surface area contributed by atoms with E-state index in [4.69, 9.17) is 21.1 Å². The zero-order valence-electron chi connectivity index (χ0n) is 29.0. The zero-order valence-corrected chi connectivity index (χ0v) is 29.8. The normalized spacial score (nSPS) is 29.5. The minimum Gasteiger partial charge on any atom is -0.490 e.